The summed E-state index contributed by atoms with van der Waals surface area (Å²) in [5.74, 6) is -3.34. The minimum atomic E-state index is -7.05. The smallest absolute Gasteiger partial charge is 0.439 e. The van der Waals surface area contributed by atoms with E-state index < -0.39 is 74.2 Å². The van der Waals surface area contributed by atoms with Gasteiger partial charge >= 0.3 is 26.5 Å². The van der Waals surface area contributed by atoms with Crippen LogP contribution >= 0.6 is 0 Å². The molecule has 0 radical (unpaired) electrons. The van der Waals surface area contributed by atoms with E-state index in [-0.39, 0.29) is 37.6 Å². The Bertz CT molecular complexity index is 2850. The zero-order valence-electron chi connectivity index (χ0n) is 40.9. The molecule has 8 bridgehead atoms. The lowest BCUT2D eigenvalue weighted by molar-refractivity contribution is -0.245. The third-order valence-electron chi connectivity index (χ3n) is 15.9. The molecule has 0 unspecified atom stereocenters. The topological polar surface area (TPSA) is 216 Å². The fourth-order valence-corrected chi connectivity index (χ4v) is 16.6. The molecule has 408 valence electrons. The fraction of sp³-hybridized carbons (Fsp3) is 0.640. The summed E-state index contributed by atoms with van der Waals surface area (Å²) in [6.45, 7) is 7.62. The van der Waals surface area contributed by atoms with Crippen LogP contribution < -0.4 is 9.47 Å². The van der Waals surface area contributed by atoms with Crippen LogP contribution in [-0.2, 0) is 45.9 Å². The number of halogens is 6. The first kappa shape index (κ1) is 57.2. The lowest BCUT2D eigenvalue weighted by Gasteiger charge is -2.56. The van der Waals surface area contributed by atoms with Gasteiger partial charge in [-0.2, -0.15) is 51.6 Å². The van der Waals surface area contributed by atoms with Crippen LogP contribution in [0.5, 0.6) is 11.5 Å². The highest BCUT2D eigenvalue weighted by Gasteiger charge is 2.81. The molecule has 0 saturated heterocycles. The second kappa shape index (κ2) is 20.5. The first-order valence-electron chi connectivity index (χ1n) is 24.4. The molecule has 8 saturated carbocycles. The summed E-state index contributed by atoms with van der Waals surface area (Å²) in [7, 11) is -21.8. The van der Waals surface area contributed by atoms with Gasteiger partial charge in [-0.1, -0.05) is 58.0 Å². The number of rotatable bonds is 16. The van der Waals surface area contributed by atoms with E-state index in [1.807, 2.05) is 0 Å². The van der Waals surface area contributed by atoms with E-state index in [9.17, 15) is 64.6 Å². The van der Waals surface area contributed by atoms with Crippen LogP contribution in [0.4, 0.5) is 26.3 Å². The van der Waals surface area contributed by atoms with Gasteiger partial charge in [0.15, 0.2) is 0 Å². The Morgan fingerprint density at radius 1 is 0.534 bits per heavy atom. The van der Waals surface area contributed by atoms with Crippen molar-refractivity contribution in [1.29, 1.82) is 0 Å². The molecule has 8 aliphatic carbocycles. The maximum atomic E-state index is 14.2. The van der Waals surface area contributed by atoms with Gasteiger partial charge in [-0.05, 0) is 177 Å². The average Bonchev–Trinajstić information content (AvgIpc) is 3.26. The van der Waals surface area contributed by atoms with Gasteiger partial charge in [0.1, 0.15) is 16.4 Å². The third kappa shape index (κ3) is 12.1. The van der Waals surface area contributed by atoms with Crippen molar-refractivity contribution in [3.8, 4) is 11.5 Å². The van der Waals surface area contributed by atoms with Gasteiger partial charge in [0.2, 0.25) is 9.84 Å². The van der Waals surface area contributed by atoms with Crippen LogP contribution in [-0.4, -0.2) is 77.0 Å². The summed E-state index contributed by atoms with van der Waals surface area (Å²) in [5.41, 5.74) is 0.751. The SMILES string of the molecule is CC(C)c1cccc(C(C)C)c1CS(=O)(=O)C(F)(F)C(F)(F)C(F)(F)S(=O)(=O)O.O=S(=O)(O)c1ccc(OCC23CC4CC(CC(C4)C2)C3)cc1.O=S(=O)(O)c1ccccc1OCC12CC3CC(CC(C3)C1)C2. The van der Waals surface area contributed by atoms with Gasteiger partial charge in [0.25, 0.3) is 20.2 Å². The highest BCUT2D eigenvalue weighted by atomic mass is 32.2. The monoisotopic (exact) mass is 1110 g/mol. The number of hydrogen-bond donors (Lipinski definition) is 3. The van der Waals surface area contributed by atoms with Crippen LogP contribution in [0, 0.1) is 46.3 Å². The summed E-state index contributed by atoms with van der Waals surface area (Å²) in [6.07, 6.45) is 15.9. The minimum Gasteiger partial charge on any atom is -0.493 e. The van der Waals surface area contributed by atoms with Crippen molar-refractivity contribution >= 4 is 40.2 Å². The van der Waals surface area contributed by atoms with Gasteiger partial charge in [0.05, 0.1) is 23.9 Å². The number of ether oxygens (including phenoxy) is 2. The lowest BCUT2D eigenvalue weighted by atomic mass is 9.50. The molecule has 8 aliphatic rings. The van der Waals surface area contributed by atoms with E-state index in [1.165, 1.54) is 113 Å². The first-order valence-corrected chi connectivity index (χ1v) is 30.4. The Balaban J connectivity index is 0.000000162. The standard InChI is InChI=1S/2C17H22O4S.C16H20F6O5S2/c18-22(19,20)16-3-1-15(2-4-16)21-11-17-8-12-5-13(9-17)7-14(6-12)10-17;18-22(19,20)16-4-2-1-3-15(16)21-11-17-8-12-5-13(9-17)7-14(6-12)10-17;1-9(2)11-6-5-7-12(10(3)4)13(11)8-28(23,24)15(19,20)14(17,18)16(21,22)29(25,26)27/h2*1-4,12-14H,5-11H2,(H,18,19,20);5-7,9-10H,8H2,1-4H3,(H,25,26,27). The molecule has 3 N–H and O–H groups in total. The van der Waals surface area contributed by atoms with Crippen molar-refractivity contribution in [2.45, 2.75) is 149 Å². The van der Waals surface area contributed by atoms with Crippen LogP contribution in [0.3, 0.4) is 0 Å². The predicted molar refractivity (Wildman–Crippen MR) is 258 cm³/mol. The number of alkyl halides is 6. The molecular weight excluding hydrogens is 1050 g/mol. The van der Waals surface area contributed by atoms with E-state index in [0.29, 0.717) is 17.8 Å². The Hall–Kier alpha value is -3.48. The molecule has 11 rings (SSSR count). The highest BCUT2D eigenvalue weighted by molar-refractivity contribution is 7.92. The molecule has 0 amide bonds. The third-order valence-corrected chi connectivity index (χ3v) is 20.3. The zero-order chi connectivity index (χ0) is 54.0. The molecule has 0 heterocycles. The normalized spacial score (nSPS) is 27.8. The molecule has 73 heavy (non-hydrogen) atoms. The van der Waals surface area contributed by atoms with Crippen molar-refractivity contribution < 1.29 is 83.1 Å². The summed E-state index contributed by atoms with van der Waals surface area (Å²) < 4.78 is 211. The first-order chi connectivity index (χ1) is 33.6. The summed E-state index contributed by atoms with van der Waals surface area (Å²) in [4.78, 5) is -0.214. The maximum Gasteiger partial charge on any atom is 0.439 e. The van der Waals surface area contributed by atoms with Gasteiger partial charge in [-0.3, -0.25) is 13.7 Å². The number of para-hydroxylation sites is 1. The Labute approximate surface area is 424 Å². The van der Waals surface area contributed by atoms with Crippen LogP contribution in [0.15, 0.2) is 76.5 Å². The van der Waals surface area contributed by atoms with Gasteiger partial charge in [-0.15, -0.1) is 0 Å². The second-order valence-electron chi connectivity index (χ2n) is 22.3. The number of benzene rings is 3. The summed E-state index contributed by atoms with van der Waals surface area (Å²) >= 11 is 0. The molecule has 3 aromatic carbocycles. The van der Waals surface area contributed by atoms with Crippen LogP contribution in [0.25, 0.3) is 0 Å². The molecule has 8 fully saturated rings. The van der Waals surface area contributed by atoms with E-state index >= 15 is 0 Å². The zero-order valence-corrected chi connectivity index (χ0v) is 44.2. The lowest BCUT2D eigenvalue weighted by Crippen LogP contribution is -2.60. The van der Waals surface area contributed by atoms with E-state index in [4.69, 9.17) is 18.6 Å². The van der Waals surface area contributed by atoms with Crippen molar-refractivity contribution in [3.63, 3.8) is 0 Å². The van der Waals surface area contributed by atoms with Crippen molar-refractivity contribution in [2.75, 3.05) is 13.2 Å². The molecule has 0 spiro atoms. The number of sulfone groups is 1. The van der Waals surface area contributed by atoms with Crippen LogP contribution in [0.2, 0.25) is 0 Å². The second-order valence-corrected chi connectivity index (χ2v) is 28.7. The van der Waals surface area contributed by atoms with Crippen molar-refractivity contribution in [3.05, 3.63) is 83.4 Å². The van der Waals surface area contributed by atoms with Gasteiger partial charge in [0, 0.05) is 10.8 Å². The summed E-state index contributed by atoms with van der Waals surface area (Å²) in [6, 6.07) is 16.7. The summed E-state index contributed by atoms with van der Waals surface area (Å²) in [5, 5.41) is -13.2. The molecule has 0 aromatic heterocycles. The molecule has 3 aromatic rings. The molecule has 13 nitrogen and oxygen atoms in total. The number of hydrogen-bond acceptors (Lipinski definition) is 10. The van der Waals surface area contributed by atoms with Crippen LogP contribution in [0.1, 0.15) is 133 Å². The molecular formula is C50H64F6O13S4. The fourth-order valence-electron chi connectivity index (χ4n) is 13.6. The minimum absolute atomic E-state index is 0.0883. The Morgan fingerprint density at radius 2 is 0.932 bits per heavy atom. The maximum absolute atomic E-state index is 14.2. The largest absolute Gasteiger partial charge is 0.493 e. The van der Waals surface area contributed by atoms with E-state index in [2.05, 4.69) is 0 Å². The highest BCUT2D eigenvalue weighted by Crippen LogP contribution is 2.61. The quantitative estimate of drug-likeness (QED) is 0.0900. The molecule has 0 atom stereocenters. The van der Waals surface area contributed by atoms with Gasteiger partial charge < -0.3 is 9.47 Å². The predicted octanol–water partition coefficient (Wildman–Crippen LogP) is 11.6. The van der Waals surface area contributed by atoms with E-state index in [1.54, 1.807) is 58.0 Å². The Kier molecular flexibility index (Phi) is 16.1. The van der Waals surface area contributed by atoms with Crippen molar-refractivity contribution in [1.82, 2.24) is 0 Å². The molecule has 0 aliphatic heterocycles. The van der Waals surface area contributed by atoms with E-state index in [0.717, 1.165) is 42.1 Å². The average molecular weight is 1120 g/mol. The Morgan fingerprint density at radius 3 is 1.30 bits per heavy atom. The molecule has 23 heteroatoms. The van der Waals surface area contributed by atoms with Gasteiger partial charge in [-0.25, -0.2) is 8.42 Å². The van der Waals surface area contributed by atoms with Crippen molar-refractivity contribution in [2.24, 2.45) is 46.3 Å².